The third-order valence-corrected chi connectivity index (χ3v) is 5.59. The molecule has 0 atom stereocenters. The molecule has 0 unspecified atom stereocenters. The Labute approximate surface area is 154 Å². The van der Waals surface area contributed by atoms with Gasteiger partial charge < -0.3 is 4.98 Å². The number of rotatable bonds is 3. The van der Waals surface area contributed by atoms with Crippen LogP contribution in [0.15, 0.2) is 32.4 Å². The zero-order valence-corrected chi connectivity index (χ0v) is 17.3. The van der Waals surface area contributed by atoms with E-state index in [1.165, 1.54) is 6.92 Å². The van der Waals surface area contributed by atoms with E-state index < -0.39 is 25.1 Å². The Morgan fingerprint density at radius 1 is 1.16 bits per heavy atom. The second-order valence-corrected chi connectivity index (χ2v) is 10.7. The number of aromatic nitrogens is 1. The molecule has 0 bridgehead atoms. The quantitative estimate of drug-likeness (QED) is 0.756. The van der Waals surface area contributed by atoms with E-state index in [1.807, 2.05) is 0 Å². The predicted octanol–water partition coefficient (Wildman–Crippen LogP) is 1.62. The third-order valence-electron chi connectivity index (χ3n) is 2.93. The molecule has 1 aromatic heterocycles. The van der Waals surface area contributed by atoms with Gasteiger partial charge in [0.05, 0.1) is 0 Å². The molecule has 0 spiro atoms. The van der Waals surface area contributed by atoms with Gasteiger partial charge in [0.2, 0.25) is 5.43 Å². The van der Waals surface area contributed by atoms with Gasteiger partial charge >= 0.3 is 0 Å². The Morgan fingerprint density at radius 3 is 2.12 bits per heavy atom. The summed E-state index contributed by atoms with van der Waals surface area (Å²) in [7, 11) is -6.60. The minimum atomic E-state index is -3.53. The molecule has 0 fully saturated rings. The first kappa shape index (κ1) is 21.5. The molecule has 7 nitrogen and oxygen atoms in total. The van der Waals surface area contributed by atoms with Crippen molar-refractivity contribution < 1.29 is 21.6 Å². The topological polar surface area (TPSA) is 118 Å². The summed E-state index contributed by atoms with van der Waals surface area (Å²) in [4.78, 5) is 25.0. The van der Waals surface area contributed by atoms with Crippen molar-refractivity contribution in [3.63, 3.8) is 0 Å². The predicted molar refractivity (Wildman–Crippen MR) is 101 cm³/mol. The van der Waals surface area contributed by atoms with Crippen LogP contribution in [-0.2, 0) is 24.5 Å². The van der Waals surface area contributed by atoms with Crippen molar-refractivity contribution in [3.05, 3.63) is 38.6 Å². The third kappa shape index (κ3) is 6.37. The van der Waals surface area contributed by atoms with Gasteiger partial charge in [-0.15, -0.1) is 0 Å². The summed E-state index contributed by atoms with van der Waals surface area (Å²) in [5.41, 5.74) is 0.537. The number of pyridine rings is 1. The number of sulfone groups is 2. The van der Waals surface area contributed by atoms with E-state index in [0.717, 1.165) is 17.0 Å². The van der Waals surface area contributed by atoms with Crippen LogP contribution in [0.2, 0.25) is 0 Å². The smallest absolute Gasteiger partial charge is 0.208 e. The monoisotopic (exact) mass is 451 g/mol. The summed E-state index contributed by atoms with van der Waals surface area (Å²) >= 11 is 3.26. The standard InChI is InChI=1S/C11H10BrNO3S.C4H8O3S/c1-6-11(17(2,15)16)10(14)8-5-7(12)3-4-9(8)13-6;1-4(5)3-8(2,6)7/h3-5H,1-2H3,(H,13,14);3H2,1-2H3. The van der Waals surface area contributed by atoms with Gasteiger partial charge in [0.15, 0.2) is 19.7 Å². The Bertz CT molecular complexity index is 1080. The molecular weight excluding hydrogens is 434 g/mol. The first-order chi connectivity index (χ1) is 11.2. The van der Waals surface area contributed by atoms with Crippen molar-refractivity contribution in [2.24, 2.45) is 0 Å². The number of nitrogens with one attached hydrogen (secondary N) is 1. The summed E-state index contributed by atoms with van der Waals surface area (Å²) in [6.45, 7) is 2.83. The van der Waals surface area contributed by atoms with E-state index in [1.54, 1.807) is 25.1 Å². The maximum atomic E-state index is 12.1. The van der Waals surface area contributed by atoms with Crippen LogP contribution in [0.3, 0.4) is 0 Å². The molecule has 0 amide bonds. The number of fused-ring (bicyclic) bond motifs is 1. The highest BCUT2D eigenvalue weighted by Crippen LogP contribution is 2.19. The van der Waals surface area contributed by atoms with Crippen molar-refractivity contribution in [3.8, 4) is 0 Å². The maximum Gasteiger partial charge on any atom is 0.208 e. The highest BCUT2D eigenvalue weighted by molar-refractivity contribution is 9.10. The molecule has 2 rings (SSSR count). The average molecular weight is 452 g/mol. The number of halogens is 1. The van der Waals surface area contributed by atoms with E-state index in [4.69, 9.17) is 0 Å². The van der Waals surface area contributed by atoms with E-state index in [-0.39, 0.29) is 16.4 Å². The molecule has 25 heavy (non-hydrogen) atoms. The van der Waals surface area contributed by atoms with Crippen LogP contribution in [0.5, 0.6) is 0 Å². The molecule has 0 saturated carbocycles. The van der Waals surface area contributed by atoms with Crippen molar-refractivity contribution in [2.75, 3.05) is 18.3 Å². The average Bonchev–Trinajstić information content (AvgIpc) is 2.36. The van der Waals surface area contributed by atoms with Gasteiger partial charge in [0.25, 0.3) is 0 Å². The van der Waals surface area contributed by atoms with Crippen LogP contribution in [0, 0.1) is 6.92 Å². The summed E-state index contributed by atoms with van der Waals surface area (Å²) in [5, 5.41) is 0.366. The molecule has 1 N–H and O–H groups in total. The van der Waals surface area contributed by atoms with E-state index in [2.05, 4.69) is 20.9 Å². The Kier molecular flexibility index (Phi) is 6.71. The minimum absolute atomic E-state index is 0.164. The summed E-state index contributed by atoms with van der Waals surface area (Å²) < 4.78 is 44.3. The van der Waals surface area contributed by atoms with Crippen molar-refractivity contribution in [1.82, 2.24) is 4.98 Å². The zero-order chi connectivity index (χ0) is 19.6. The first-order valence-electron chi connectivity index (χ1n) is 6.91. The second-order valence-electron chi connectivity index (χ2n) is 5.64. The lowest BCUT2D eigenvalue weighted by atomic mass is 10.2. The van der Waals surface area contributed by atoms with Crippen molar-refractivity contribution in [1.29, 1.82) is 0 Å². The first-order valence-corrected chi connectivity index (χ1v) is 11.7. The van der Waals surface area contributed by atoms with Crippen LogP contribution < -0.4 is 5.43 Å². The number of aryl methyl sites for hydroxylation is 1. The fourth-order valence-electron chi connectivity index (χ4n) is 2.18. The lowest BCUT2D eigenvalue weighted by Gasteiger charge is -2.06. The fourth-order valence-corrected chi connectivity index (χ4v) is 4.33. The molecule has 0 aliphatic heterocycles. The largest absolute Gasteiger partial charge is 0.357 e. The molecule has 0 aliphatic carbocycles. The highest BCUT2D eigenvalue weighted by Gasteiger charge is 2.18. The molecule has 0 radical (unpaired) electrons. The zero-order valence-electron chi connectivity index (χ0n) is 14.1. The molecule has 0 aliphatic rings. The normalized spacial score (nSPS) is 11.7. The molecule has 10 heteroatoms. The van der Waals surface area contributed by atoms with E-state index in [0.29, 0.717) is 16.6 Å². The number of carbonyl (C=O) groups excluding carboxylic acids is 1. The molecule has 1 heterocycles. The van der Waals surface area contributed by atoms with Crippen LogP contribution in [-0.4, -0.2) is 45.9 Å². The van der Waals surface area contributed by atoms with Crippen LogP contribution in [0.1, 0.15) is 12.6 Å². The lowest BCUT2D eigenvalue weighted by molar-refractivity contribution is -0.114. The second kappa shape index (κ2) is 7.79. The summed E-state index contributed by atoms with van der Waals surface area (Å²) in [5.74, 6) is -0.653. The fraction of sp³-hybridized carbons (Fsp3) is 0.333. The molecule has 1 aromatic carbocycles. The number of ketones is 1. The van der Waals surface area contributed by atoms with Crippen LogP contribution in [0.4, 0.5) is 0 Å². The lowest BCUT2D eigenvalue weighted by Crippen LogP contribution is -2.17. The summed E-state index contributed by atoms with van der Waals surface area (Å²) in [6, 6.07) is 5.14. The van der Waals surface area contributed by atoms with Crippen molar-refractivity contribution >= 4 is 52.3 Å². The maximum absolute atomic E-state index is 12.1. The number of hydrogen-bond donors (Lipinski definition) is 1. The minimum Gasteiger partial charge on any atom is -0.357 e. The van der Waals surface area contributed by atoms with Gasteiger partial charge in [-0.1, -0.05) is 15.9 Å². The number of Topliss-reactive ketones (excluding diaryl/α,β-unsaturated/α-hetero) is 1. The Balaban J connectivity index is 0.000000333. The number of carbonyl (C=O) groups is 1. The van der Waals surface area contributed by atoms with Gasteiger partial charge in [-0.25, -0.2) is 16.8 Å². The van der Waals surface area contributed by atoms with Crippen LogP contribution >= 0.6 is 15.9 Å². The Hall–Kier alpha value is -1.52. The molecular formula is C15H18BrNO6S2. The summed E-state index contributed by atoms with van der Waals surface area (Å²) in [6.07, 6.45) is 2.07. The van der Waals surface area contributed by atoms with E-state index in [9.17, 15) is 26.4 Å². The molecule has 2 aromatic rings. The SMILES string of the molecule is CC(=O)CS(C)(=O)=O.Cc1[nH]c2ccc(Br)cc2c(=O)c1S(C)(=O)=O. The van der Waals surface area contributed by atoms with Gasteiger partial charge in [-0.2, -0.15) is 0 Å². The van der Waals surface area contributed by atoms with Gasteiger partial charge in [0.1, 0.15) is 16.4 Å². The highest BCUT2D eigenvalue weighted by atomic mass is 79.9. The number of aromatic amines is 1. The Morgan fingerprint density at radius 2 is 1.72 bits per heavy atom. The van der Waals surface area contributed by atoms with Crippen molar-refractivity contribution in [2.45, 2.75) is 18.7 Å². The number of hydrogen-bond acceptors (Lipinski definition) is 6. The number of H-pyrrole nitrogens is 1. The number of benzene rings is 1. The van der Waals surface area contributed by atoms with Gasteiger partial charge in [0, 0.05) is 33.6 Å². The van der Waals surface area contributed by atoms with Gasteiger partial charge in [-0.05, 0) is 32.0 Å². The molecule has 138 valence electrons. The van der Waals surface area contributed by atoms with Crippen LogP contribution in [0.25, 0.3) is 10.9 Å². The molecule has 0 saturated heterocycles. The van der Waals surface area contributed by atoms with Gasteiger partial charge in [-0.3, -0.25) is 9.59 Å². The van der Waals surface area contributed by atoms with E-state index >= 15 is 0 Å².